The number of nitrogens with zero attached hydrogens (tertiary/aromatic N) is 1. The van der Waals surface area contributed by atoms with Gasteiger partial charge in [-0.3, -0.25) is 4.99 Å². The van der Waals surface area contributed by atoms with Crippen molar-refractivity contribution in [3.05, 3.63) is 12.2 Å². The number of rotatable bonds is 6. The predicted molar refractivity (Wildman–Crippen MR) is 83.3 cm³/mol. The van der Waals surface area contributed by atoms with E-state index in [9.17, 15) is 8.42 Å². The van der Waals surface area contributed by atoms with Gasteiger partial charge in [-0.15, -0.1) is 0 Å². The van der Waals surface area contributed by atoms with Crippen molar-refractivity contribution >= 4 is 16.0 Å². The molecule has 0 radical (unpaired) electrons. The molecule has 0 aliphatic heterocycles. The van der Waals surface area contributed by atoms with Crippen LogP contribution < -0.4 is 15.4 Å². The van der Waals surface area contributed by atoms with Gasteiger partial charge in [0, 0.05) is 18.1 Å². The molecule has 0 saturated heterocycles. The summed E-state index contributed by atoms with van der Waals surface area (Å²) in [5.74, 6) is 0.726. The van der Waals surface area contributed by atoms with E-state index in [4.69, 9.17) is 0 Å². The Morgan fingerprint density at radius 1 is 1.35 bits per heavy atom. The highest BCUT2D eigenvalue weighted by molar-refractivity contribution is 7.88. The van der Waals surface area contributed by atoms with Crippen LogP contribution in [0, 0.1) is 0 Å². The summed E-state index contributed by atoms with van der Waals surface area (Å²) >= 11 is 0. The molecule has 0 heterocycles. The number of aliphatic imine (C=N–C) groups is 1. The van der Waals surface area contributed by atoms with Crippen LogP contribution in [0.1, 0.15) is 33.6 Å². The predicted octanol–water partition coefficient (Wildman–Crippen LogP) is 0.588. The molecule has 7 heteroatoms. The first-order chi connectivity index (χ1) is 9.22. The maximum atomic E-state index is 11.3. The van der Waals surface area contributed by atoms with Crippen LogP contribution in [-0.4, -0.2) is 45.3 Å². The van der Waals surface area contributed by atoms with Gasteiger partial charge in [-0.05, 0) is 33.6 Å². The third-order valence-electron chi connectivity index (χ3n) is 2.79. The first-order valence-electron chi connectivity index (χ1n) is 6.90. The normalized spacial score (nSPS) is 17.5. The minimum Gasteiger partial charge on any atom is -0.357 e. The van der Waals surface area contributed by atoms with Crippen LogP contribution in [0.2, 0.25) is 0 Å². The van der Waals surface area contributed by atoms with E-state index in [0.717, 1.165) is 31.6 Å². The van der Waals surface area contributed by atoms with E-state index in [2.05, 4.69) is 32.5 Å². The molecule has 0 spiro atoms. The molecule has 0 bridgehead atoms. The van der Waals surface area contributed by atoms with Crippen molar-refractivity contribution in [3.8, 4) is 0 Å². The second-order valence-corrected chi connectivity index (χ2v) is 7.49. The summed E-state index contributed by atoms with van der Waals surface area (Å²) < 4.78 is 25.2. The second-order valence-electron chi connectivity index (χ2n) is 5.74. The number of nitrogens with one attached hydrogen (secondary N) is 3. The van der Waals surface area contributed by atoms with E-state index in [1.54, 1.807) is 0 Å². The molecule has 0 amide bonds. The molecule has 3 N–H and O–H groups in total. The molecule has 20 heavy (non-hydrogen) atoms. The van der Waals surface area contributed by atoms with Crippen molar-refractivity contribution in [2.45, 2.75) is 45.2 Å². The largest absolute Gasteiger partial charge is 0.357 e. The van der Waals surface area contributed by atoms with Gasteiger partial charge in [-0.25, -0.2) is 13.1 Å². The quantitative estimate of drug-likeness (QED) is 0.381. The minimum absolute atomic E-state index is 0.371. The minimum atomic E-state index is -3.23. The standard InChI is InChI=1S/C13H26N4O2S/c1-5-14-12(16-11-8-6-7-9-11)15-10-13(2,3)17-20(4,18)19/h6-7,11,17H,5,8-10H2,1-4H3,(H2,14,15,16). The van der Waals surface area contributed by atoms with Gasteiger partial charge in [0.1, 0.15) is 0 Å². The number of sulfonamides is 1. The highest BCUT2D eigenvalue weighted by Crippen LogP contribution is 2.09. The van der Waals surface area contributed by atoms with Crippen LogP contribution in [-0.2, 0) is 10.0 Å². The molecule has 116 valence electrons. The highest BCUT2D eigenvalue weighted by Gasteiger charge is 2.22. The Hall–Kier alpha value is -1.08. The average Bonchev–Trinajstić information content (AvgIpc) is 2.76. The van der Waals surface area contributed by atoms with E-state index in [1.165, 1.54) is 0 Å². The van der Waals surface area contributed by atoms with E-state index in [1.807, 2.05) is 20.8 Å². The first-order valence-corrected chi connectivity index (χ1v) is 8.80. The Labute approximate surface area is 122 Å². The van der Waals surface area contributed by atoms with Gasteiger partial charge < -0.3 is 10.6 Å². The van der Waals surface area contributed by atoms with Crippen molar-refractivity contribution in [1.82, 2.24) is 15.4 Å². The van der Waals surface area contributed by atoms with Crippen LogP contribution in [0.15, 0.2) is 17.1 Å². The zero-order chi connectivity index (χ0) is 15.2. The van der Waals surface area contributed by atoms with E-state index >= 15 is 0 Å². The average molecular weight is 302 g/mol. The van der Waals surface area contributed by atoms with Crippen LogP contribution in [0.3, 0.4) is 0 Å². The van der Waals surface area contributed by atoms with Gasteiger partial charge in [-0.1, -0.05) is 12.2 Å². The summed E-state index contributed by atoms with van der Waals surface area (Å²) in [6.45, 7) is 6.78. The Balaban J connectivity index is 2.61. The lowest BCUT2D eigenvalue weighted by molar-refractivity contribution is 0.464. The zero-order valence-corrected chi connectivity index (χ0v) is 13.5. The highest BCUT2D eigenvalue weighted by atomic mass is 32.2. The Morgan fingerprint density at radius 3 is 2.45 bits per heavy atom. The second kappa shape index (κ2) is 7.08. The summed E-state index contributed by atoms with van der Waals surface area (Å²) in [5.41, 5.74) is -0.607. The van der Waals surface area contributed by atoms with E-state index in [0.29, 0.717) is 12.6 Å². The van der Waals surface area contributed by atoms with E-state index in [-0.39, 0.29) is 0 Å². The van der Waals surface area contributed by atoms with Crippen LogP contribution in [0.5, 0.6) is 0 Å². The SMILES string of the molecule is CCNC(=NCC(C)(C)NS(C)(=O)=O)NC1CC=CC1. The lowest BCUT2D eigenvalue weighted by Gasteiger charge is -2.24. The van der Waals surface area contributed by atoms with Crippen molar-refractivity contribution in [2.75, 3.05) is 19.3 Å². The monoisotopic (exact) mass is 302 g/mol. The molecule has 0 saturated carbocycles. The molecule has 0 aromatic heterocycles. The Morgan fingerprint density at radius 2 is 1.95 bits per heavy atom. The van der Waals surface area contributed by atoms with Crippen LogP contribution in [0.25, 0.3) is 0 Å². The summed E-state index contributed by atoms with van der Waals surface area (Å²) in [6.07, 6.45) is 7.45. The smallest absolute Gasteiger partial charge is 0.209 e. The van der Waals surface area contributed by atoms with Gasteiger partial charge in [0.05, 0.1) is 12.8 Å². The maximum Gasteiger partial charge on any atom is 0.209 e. The number of hydrogen-bond donors (Lipinski definition) is 3. The summed E-state index contributed by atoms with van der Waals surface area (Å²) in [4.78, 5) is 4.47. The summed E-state index contributed by atoms with van der Waals surface area (Å²) in [5, 5.41) is 6.53. The van der Waals surface area contributed by atoms with Gasteiger partial charge in [0.25, 0.3) is 0 Å². The molecule has 1 aliphatic carbocycles. The number of hydrogen-bond acceptors (Lipinski definition) is 3. The van der Waals surface area contributed by atoms with Gasteiger partial charge in [-0.2, -0.15) is 0 Å². The molecule has 6 nitrogen and oxygen atoms in total. The Bertz CT molecular complexity index is 461. The van der Waals surface area contributed by atoms with E-state index < -0.39 is 15.6 Å². The topological polar surface area (TPSA) is 82.6 Å². The molecule has 0 atom stereocenters. The molecule has 0 aromatic rings. The summed E-state index contributed by atoms with van der Waals surface area (Å²) in [7, 11) is -3.23. The van der Waals surface area contributed by atoms with Gasteiger partial charge >= 0.3 is 0 Å². The van der Waals surface area contributed by atoms with Crippen molar-refractivity contribution < 1.29 is 8.42 Å². The lowest BCUT2D eigenvalue weighted by atomic mass is 10.1. The van der Waals surface area contributed by atoms with Crippen molar-refractivity contribution in [2.24, 2.45) is 4.99 Å². The van der Waals surface area contributed by atoms with Crippen molar-refractivity contribution in [3.63, 3.8) is 0 Å². The fourth-order valence-electron chi connectivity index (χ4n) is 2.06. The zero-order valence-electron chi connectivity index (χ0n) is 12.7. The molecule has 0 fully saturated rings. The number of guanidine groups is 1. The van der Waals surface area contributed by atoms with Crippen LogP contribution >= 0.6 is 0 Å². The third kappa shape index (κ3) is 6.91. The Kier molecular flexibility index (Phi) is 6.01. The van der Waals surface area contributed by atoms with Crippen molar-refractivity contribution in [1.29, 1.82) is 0 Å². The molecule has 0 unspecified atom stereocenters. The molecular weight excluding hydrogens is 276 g/mol. The first kappa shape index (κ1) is 17.0. The van der Waals surface area contributed by atoms with Crippen LogP contribution in [0.4, 0.5) is 0 Å². The fourth-order valence-corrected chi connectivity index (χ4v) is 3.13. The maximum absolute atomic E-state index is 11.3. The van der Waals surface area contributed by atoms with Gasteiger partial charge in [0.2, 0.25) is 10.0 Å². The van der Waals surface area contributed by atoms with Gasteiger partial charge in [0.15, 0.2) is 5.96 Å². The summed E-state index contributed by atoms with van der Waals surface area (Å²) in [6, 6.07) is 0.374. The third-order valence-corrected chi connectivity index (χ3v) is 3.71. The molecule has 1 rings (SSSR count). The fraction of sp³-hybridized carbons (Fsp3) is 0.769. The molecular formula is C13H26N4O2S. The molecule has 0 aromatic carbocycles. The molecule has 1 aliphatic rings. The lowest BCUT2D eigenvalue weighted by Crippen LogP contribution is -2.47.